The molecule has 3 aromatic rings. The molecule has 0 unspecified atom stereocenters. The summed E-state index contributed by atoms with van der Waals surface area (Å²) in [4.78, 5) is 14.8. The molecule has 3 heterocycles. The van der Waals surface area contributed by atoms with Gasteiger partial charge in [-0.25, -0.2) is 8.42 Å². The van der Waals surface area contributed by atoms with Crippen molar-refractivity contribution in [1.82, 2.24) is 18.9 Å². The topological polar surface area (TPSA) is 88.7 Å². The van der Waals surface area contributed by atoms with Gasteiger partial charge in [-0.05, 0) is 70.9 Å². The van der Waals surface area contributed by atoms with E-state index in [-0.39, 0.29) is 23.1 Å². The molecule has 35 heavy (non-hydrogen) atoms. The Balaban J connectivity index is 1.46. The maximum Gasteiger partial charge on any atom is 0.248 e. The van der Waals surface area contributed by atoms with Crippen molar-refractivity contribution in [1.29, 1.82) is 0 Å². The maximum absolute atomic E-state index is 13.1. The van der Waals surface area contributed by atoms with Crippen LogP contribution in [-0.2, 0) is 14.8 Å². The Morgan fingerprint density at radius 1 is 1.00 bits per heavy atom. The molecule has 0 spiro atoms. The number of carbonyl (C=O) groups is 1. The van der Waals surface area contributed by atoms with Gasteiger partial charge in [-0.15, -0.1) is 0 Å². The van der Waals surface area contributed by atoms with Gasteiger partial charge in [0.25, 0.3) is 0 Å². The lowest BCUT2D eigenvalue weighted by Crippen LogP contribution is -2.37. The smallest absolute Gasteiger partial charge is 0.248 e. The lowest BCUT2D eigenvalue weighted by Gasteiger charge is -2.21. The van der Waals surface area contributed by atoms with E-state index in [2.05, 4.69) is 53.9 Å². The third-order valence-corrected chi connectivity index (χ3v) is 8.64. The monoisotopic (exact) mass is 496 g/mol. The number of aryl methyl sites for hydroxylation is 4. The van der Waals surface area contributed by atoms with Crippen LogP contribution in [0.15, 0.2) is 45.8 Å². The Bertz CT molecular complexity index is 1350. The number of sulfonamides is 1. The quantitative estimate of drug-likeness (QED) is 0.499. The van der Waals surface area contributed by atoms with Gasteiger partial charge in [0.15, 0.2) is 5.76 Å². The van der Waals surface area contributed by atoms with E-state index in [1.807, 2.05) is 13.0 Å². The van der Waals surface area contributed by atoms with Crippen LogP contribution in [0.5, 0.6) is 0 Å². The first-order chi connectivity index (χ1) is 16.6. The molecule has 1 amide bonds. The normalized spacial score (nSPS) is 15.6. The zero-order valence-corrected chi connectivity index (χ0v) is 21.7. The zero-order valence-electron chi connectivity index (χ0n) is 20.9. The van der Waals surface area contributed by atoms with E-state index < -0.39 is 10.0 Å². The minimum Gasteiger partial charge on any atom is -0.360 e. The standard InChI is InChI=1S/C26H32N4O4S/c1-18-7-10-24(11-8-18)30-19(2)17-23(21(30)4)9-12-25(31)28-13-6-14-29(16-15-28)35(32,33)26-20(3)27-34-22(26)5/h7-12,17H,6,13-16H2,1-5H3/b12-9+. The van der Waals surface area contributed by atoms with Crippen molar-refractivity contribution < 1.29 is 17.7 Å². The minimum absolute atomic E-state index is 0.123. The molecule has 1 aromatic carbocycles. The summed E-state index contributed by atoms with van der Waals surface area (Å²) in [5, 5.41) is 3.78. The first kappa shape index (κ1) is 24.9. The van der Waals surface area contributed by atoms with Crippen LogP contribution in [0, 0.1) is 34.6 Å². The fourth-order valence-electron chi connectivity index (χ4n) is 4.64. The number of amides is 1. The molecule has 0 bridgehead atoms. The zero-order chi connectivity index (χ0) is 25.3. The summed E-state index contributed by atoms with van der Waals surface area (Å²) in [7, 11) is -3.73. The van der Waals surface area contributed by atoms with E-state index in [1.54, 1.807) is 24.8 Å². The number of hydrogen-bond donors (Lipinski definition) is 0. The van der Waals surface area contributed by atoms with Crippen LogP contribution in [0.4, 0.5) is 0 Å². The first-order valence-corrected chi connectivity index (χ1v) is 13.2. The summed E-state index contributed by atoms with van der Waals surface area (Å²) < 4.78 is 34.9. The third-order valence-electron chi connectivity index (χ3n) is 6.50. The molecule has 0 atom stereocenters. The van der Waals surface area contributed by atoms with Crippen molar-refractivity contribution in [3.05, 3.63) is 70.4 Å². The summed E-state index contributed by atoms with van der Waals surface area (Å²) >= 11 is 0. The molecule has 186 valence electrons. The molecule has 1 aliphatic heterocycles. The van der Waals surface area contributed by atoms with Gasteiger partial charge >= 0.3 is 0 Å². The molecular formula is C26H32N4O4S. The molecule has 0 aliphatic carbocycles. The van der Waals surface area contributed by atoms with Crippen molar-refractivity contribution in [2.45, 2.75) is 45.9 Å². The number of hydrogen-bond acceptors (Lipinski definition) is 5. The van der Waals surface area contributed by atoms with E-state index >= 15 is 0 Å². The van der Waals surface area contributed by atoms with Crippen LogP contribution in [0.3, 0.4) is 0 Å². The van der Waals surface area contributed by atoms with Gasteiger partial charge in [-0.3, -0.25) is 4.79 Å². The number of benzene rings is 1. The van der Waals surface area contributed by atoms with Crippen molar-refractivity contribution in [2.75, 3.05) is 26.2 Å². The molecule has 0 N–H and O–H groups in total. The Morgan fingerprint density at radius 3 is 2.37 bits per heavy atom. The molecule has 0 radical (unpaired) electrons. The number of nitrogens with zero attached hydrogens (tertiary/aromatic N) is 4. The van der Waals surface area contributed by atoms with Gasteiger partial charge in [0.05, 0.1) is 0 Å². The summed E-state index contributed by atoms with van der Waals surface area (Å²) in [6.07, 6.45) is 3.99. The van der Waals surface area contributed by atoms with Gasteiger partial charge in [-0.1, -0.05) is 22.9 Å². The molecule has 9 heteroatoms. The minimum atomic E-state index is -3.73. The SMILES string of the molecule is Cc1ccc(-n2c(C)cc(/C=C/C(=O)N3CCCN(S(=O)(=O)c4c(C)noc4C)CC3)c2C)cc1. The third kappa shape index (κ3) is 4.97. The highest BCUT2D eigenvalue weighted by molar-refractivity contribution is 7.89. The van der Waals surface area contributed by atoms with E-state index in [1.165, 1.54) is 9.87 Å². The van der Waals surface area contributed by atoms with Crippen LogP contribution >= 0.6 is 0 Å². The van der Waals surface area contributed by atoms with Crippen molar-refractivity contribution in [3.63, 3.8) is 0 Å². The van der Waals surface area contributed by atoms with Gasteiger partial charge in [0, 0.05) is 49.3 Å². The molecule has 1 fully saturated rings. The van der Waals surface area contributed by atoms with Crippen LogP contribution in [0.25, 0.3) is 11.8 Å². The second kappa shape index (κ2) is 9.83. The van der Waals surface area contributed by atoms with E-state index in [4.69, 9.17) is 4.52 Å². The Hall–Kier alpha value is -3.17. The summed E-state index contributed by atoms with van der Waals surface area (Å²) in [5.74, 6) is 0.160. The summed E-state index contributed by atoms with van der Waals surface area (Å²) in [5.41, 5.74) is 5.78. The van der Waals surface area contributed by atoms with Crippen molar-refractivity contribution in [2.24, 2.45) is 0 Å². The molecular weight excluding hydrogens is 464 g/mol. The molecule has 2 aromatic heterocycles. The largest absolute Gasteiger partial charge is 0.360 e. The molecule has 4 rings (SSSR count). The van der Waals surface area contributed by atoms with Gasteiger partial charge in [0.1, 0.15) is 10.6 Å². The Labute approximate surface area is 206 Å². The highest BCUT2D eigenvalue weighted by atomic mass is 32.2. The summed E-state index contributed by atoms with van der Waals surface area (Å²) in [6.45, 7) is 10.8. The van der Waals surface area contributed by atoms with Gasteiger partial charge < -0.3 is 14.0 Å². The number of aromatic nitrogens is 2. The average molecular weight is 497 g/mol. The second-order valence-corrected chi connectivity index (χ2v) is 10.9. The molecule has 1 aliphatic rings. The molecule has 1 saturated heterocycles. The predicted molar refractivity (Wildman–Crippen MR) is 135 cm³/mol. The lowest BCUT2D eigenvalue weighted by atomic mass is 10.2. The summed E-state index contributed by atoms with van der Waals surface area (Å²) in [6, 6.07) is 10.4. The second-order valence-electron chi connectivity index (χ2n) is 9.07. The molecule has 8 nitrogen and oxygen atoms in total. The number of carbonyl (C=O) groups excluding carboxylic acids is 1. The first-order valence-electron chi connectivity index (χ1n) is 11.8. The maximum atomic E-state index is 13.1. The average Bonchev–Trinajstić information content (AvgIpc) is 3.16. The van der Waals surface area contributed by atoms with Crippen LogP contribution in [0.2, 0.25) is 0 Å². The van der Waals surface area contributed by atoms with Crippen LogP contribution in [-0.4, -0.2) is 59.4 Å². The van der Waals surface area contributed by atoms with Crippen molar-refractivity contribution in [3.8, 4) is 5.69 Å². The fraction of sp³-hybridized carbons (Fsp3) is 0.385. The van der Waals surface area contributed by atoms with Gasteiger partial charge in [-0.2, -0.15) is 4.31 Å². The highest BCUT2D eigenvalue weighted by Crippen LogP contribution is 2.25. The lowest BCUT2D eigenvalue weighted by molar-refractivity contribution is -0.125. The van der Waals surface area contributed by atoms with E-state index in [0.717, 1.165) is 22.6 Å². The van der Waals surface area contributed by atoms with E-state index in [0.29, 0.717) is 31.7 Å². The predicted octanol–water partition coefficient (Wildman–Crippen LogP) is 3.94. The Kier molecular flexibility index (Phi) is 7.00. The van der Waals surface area contributed by atoms with Gasteiger partial charge in [0.2, 0.25) is 15.9 Å². The fourth-order valence-corrected chi connectivity index (χ4v) is 6.40. The van der Waals surface area contributed by atoms with Crippen LogP contribution < -0.4 is 0 Å². The van der Waals surface area contributed by atoms with E-state index in [9.17, 15) is 13.2 Å². The van der Waals surface area contributed by atoms with Crippen LogP contribution in [0.1, 0.15) is 40.4 Å². The van der Waals surface area contributed by atoms with Crippen molar-refractivity contribution >= 4 is 22.0 Å². The highest BCUT2D eigenvalue weighted by Gasteiger charge is 2.32. The Morgan fingerprint density at radius 2 is 1.71 bits per heavy atom. The molecule has 0 saturated carbocycles. The number of rotatable bonds is 5.